The van der Waals surface area contributed by atoms with Gasteiger partial charge < -0.3 is 0 Å². The third-order valence-electron chi connectivity index (χ3n) is 2.71. The van der Waals surface area contributed by atoms with Gasteiger partial charge in [-0.3, -0.25) is 0 Å². The molecule has 1 unspecified atom stereocenters. The number of rotatable bonds is 5. The largest absolute Gasteiger partial charge is 0.242 e. The third-order valence-corrected chi connectivity index (χ3v) is 5.18. The van der Waals surface area contributed by atoms with E-state index in [0.29, 0.717) is 10.0 Å². The van der Waals surface area contributed by atoms with E-state index in [-0.39, 0.29) is 10.8 Å². The molecule has 0 aromatic heterocycles. The summed E-state index contributed by atoms with van der Waals surface area (Å²) in [5.41, 5.74) is 1.14. The number of hydrogen-bond acceptors (Lipinski definition) is 1. The van der Waals surface area contributed by atoms with Crippen LogP contribution in [0.1, 0.15) is 39.7 Å². The summed E-state index contributed by atoms with van der Waals surface area (Å²) in [6, 6.07) is 5.86. The van der Waals surface area contributed by atoms with Gasteiger partial charge in [-0.2, -0.15) is 0 Å². The van der Waals surface area contributed by atoms with E-state index in [1.54, 1.807) is 0 Å². The molecule has 108 valence electrons. The lowest BCUT2D eigenvalue weighted by Crippen LogP contribution is -2.38. The van der Waals surface area contributed by atoms with Gasteiger partial charge in [-0.25, -0.2) is 8.93 Å². The van der Waals surface area contributed by atoms with Crippen molar-refractivity contribution >= 4 is 34.2 Å². The minimum absolute atomic E-state index is 0.189. The second-order valence-electron chi connectivity index (χ2n) is 5.69. The summed E-state index contributed by atoms with van der Waals surface area (Å²) < 4.78 is 14.8. The van der Waals surface area contributed by atoms with Gasteiger partial charge in [0.1, 0.15) is 0 Å². The summed E-state index contributed by atoms with van der Waals surface area (Å²) in [7, 11) is -1.03. The van der Waals surface area contributed by atoms with Gasteiger partial charge in [-0.1, -0.05) is 29.3 Å². The second-order valence-corrected chi connectivity index (χ2v) is 8.50. The van der Waals surface area contributed by atoms with Crippen LogP contribution in [0.5, 0.6) is 0 Å². The molecule has 0 spiro atoms. The van der Waals surface area contributed by atoms with Crippen molar-refractivity contribution in [1.29, 1.82) is 0 Å². The Kier molecular flexibility index (Phi) is 6.31. The molecule has 0 bridgehead atoms. The molecule has 0 amide bonds. The van der Waals surface area contributed by atoms with E-state index >= 15 is 0 Å². The molecule has 0 aliphatic heterocycles. The van der Waals surface area contributed by atoms with Gasteiger partial charge in [0, 0.05) is 6.04 Å². The average molecular weight is 322 g/mol. The maximum atomic E-state index is 11.9. The Labute approximate surface area is 128 Å². The van der Waals surface area contributed by atoms with Crippen molar-refractivity contribution < 1.29 is 4.21 Å². The van der Waals surface area contributed by atoms with Crippen LogP contribution in [0.25, 0.3) is 0 Å². The number of hydrogen-bond donors (Lipinski definition) is 1. The summed E-state index contributed by atoms with van der Waals surface area (Å²) in [5, 5.41) is 1.16. The molecule has 0 saturated carbocycles. The lowest BCUT2D eigenvalue weighted by Gasteiger charge is -2.22. The highest BCUT2D eigenvalue weighted by molar-refractivity contribution is 7.84. The molecule has 0 fully saturated rings. The highest BCUT2D eigenvalue weighted by Crippen LogP contribution is 2.23. The molecule has 5 heteroatoms. The second kappa shape index (κ2) is 7.07. The zero-order valence-corrected chi connectivity index (χ0v) is 14.1. The summed E-state index contributed by atoms with van der Waals surface area (Å²) in [6.07, 6.45) is 1.78. The van der Waals surface area contributed by atoms with Crippen LogP contribution in [-0.2, 0) is 17.4 Å². The highest BCUT2D eigenvalue weighted by Gasteiger charge is 2.20. The van der Waals surface area contributed by atoms with Gasteiger partial charge in [0.05, 0.1) is 25.8 Å². The van der Waals surface area contributed by atoms with E-state index in [1.807, 2.05) is 45.9 Å². The SMILES string of the molecule is C[C@H](CCc1ccc(Cl)c(Cl)c1)NS(=O)C(C)(C)C. The van der Waals surface area contributed by atoms with E-state index in [1.165, 1.54) is 0 Å². The van der Waals surface area contributed by atoms with E-state index in [2.05, 4.69) is 4.72 Å². The van der Waals surface area contributed by atoms with Crippen LogP contribution >= 0.6 is 23.2 Å². The van der Waals surface area contributed by atoms with Gasteiger partial charge in [0.2, 0.25) is 0 Å². The smallest absolute Gasteiger partial charge is 0.0972 e. The summed E-state index contributed by atoms with van der Waals surface area (Å²) in [6.45, 7) is 7.92. The van der Waals surface area contributed by atoms with Crippen molar-refractivity contribution in [2.75, 3.05) is 0 Å². The van der Waals surface area contributed by atoms with E-state index in [0.717, 1.165) is 18.4 Å². The standard InChI is InChI=1S/C14H21Cl2NOS/c1-10(17-19(18)14(2,3)4)5-6-11-7-8-12(15)13(16)9-11/h7-10,17H,5-6H2,1-4H3/t10-,19?/m1/s1. The van der Waals surface area contributed by atoms with Gasteiger partial charge >= 0.3 is 0 Å². The first-order valence-electron chi connectivity index (χ1n) is 6.32. The van der Waals surface area contributed by atoms with Crippen molar-refractivity contribution in [2.24, 2.45) is 0 Å². The molecule has 1 N–H and O–H groups in total. The molecule has 2 atom stereocenters. The molecule has 1 aromatic rings. The normalized spacial score (nSPS) is 15.3. The summed E-state index contributed by atoms with van der Waals surface area (Å²) in [4.78, 5) is 0. The Bertz CT molecular complexity index is 457. The van der Waals surface area contributed by atoms with E-state index in [4.69, 9.17) is 23.2 Å². The molecular weight excluding hydrogens is 301 g/mol. The number of benzene rings is 1. The highest BCUT2D eigenvalue weighted by atomic mass is 35.5. The third kappa shape index (κ3) is 5.82. The fourth-order valence-electron chi connectivity index (χ4n) is 1.50. The van der Waals surface area contributed by atoms with Crippen molar-refractivity contribution in [3.8, 4) is 0 Å². The molecule has 19 heavy (non-hydrogen) atoms. The Morgan fingerprint density at radius 2 is 1.89 bits per heavy atom. The summed E-state index contributed by atoms with van der Waals surface area (Å²) >= 11 is 11.9. The van der Waals surface area contributed by atoms with Crippen molar-refractivity contribution in [3.05, 3.63) is 33.8 Å². The molecule has 0 aliphatic rings. The fourth-order valence-corrected chi connectivity index (χ4v) is 2.65. The number of halogens is 2. The van der Waals surface area contributed by atoms with Crippen LogP contribution in [0.3, 0.4) is 0 Å². The first-order chi connectivity index (χ1) is 8.70. The zero-order valence-electron chi connectivity index (χ0n) is 11.8. The predicted octanol–water partition coefficient (Wildman–Crippen LogP) is 4.37. The maximum Gasteiger partial charge on any atom is 0.0972 e. The average Bonchev–Trinajstić information content (AvgIpc) is 2.29. The Balaban J connectivity index is 2.48. The van der Waals surface area contributed by atoms with E-state index in [9.17, 15) is 4.21 Å². The molecule has 0 aliphatic carbocycles. The van der Waals surface area contributed by atoms with Crippen LogP contribution in [0.15, 0.2) is 18.2 Å². The number of aryl methyl sites for hydroxylation is 1. The van der Waals surface area contributed by atoms with Crippen LogP contribution < -0.4 is 4.72 Å². The number of nitrogens with one attached hydrogen (secondary N) is 1. The van der Waals surface area contributed by atoms with E-state index < -0.39 is 11.0 Å². The Hall–Kier alpha value is -0.0900. The minimum Gasteiger partial charge on any atom is -0.242 e. The van der Waals surface area contributed by atoms with Crippen LogP contribution in [-0.4, -0.2) is 15.0 Å². The molecule has 0 saturated heterocycles. The van der Waals surface area contributed by atoms with Gasteiger partial charge in [0.25, 0.3) is 0 Å². The van der Waals surface area contributed by atoms with Crippen LogP contribution in [0, 0.1) is 0 Å². The van der Waals surface area contributed by atoms with Crippen molar-refractivity contribution in [3.63, 3.8) is 0 Å². The van der Waals surface area contributed by atoms with Crippen molar-refractivity contribution in [2.45, 2.75) is 51.3 Å². The molecule has 0 heterocycles. The minimum atomic E-state index is -1.03. The fraction of sp³-hybridized carbons (Fsp3) is 0.571. The topological polar surface area (TPSA) is 29.1 Å². The van der Waals surface area contributed by atoms with Gasteiger partial charge in [0.15, 0.2) is 0 Å². The molecule has 2 nitrogen and oxygen atoms in total. The van der Waals surface area contributed by atoms with Gasteiger partial charge in [-0.15, -0.1) is 0 Å². The molecule has 0 radical (unpaired) electrons. The first-order valence-corrected chi connectivity index (χ1v) is 8.22. The molecule has 1 aromatic carbocycles. The van der Waals surface area contributed by atoms with Crippen LogP contribution in [0.2, 0.25) is 10.0 Å². The Morgan fingerprint density at radius 3 is 2.42 bits per heavy atom. The first kappa shape index (κ1) is 17.0. The zero-order chi connectivity index (χ0) is 14.6. The lowest BCUT2D eigenvalue weighted by atomic mass is 10.1. The monoisotopic (exact) mass is 321 g/mol. The van der Waals surface area contributed by atoms with Gasteiger partial charge in [-0.05, 0) is 58.2 Å². The maximum absolute atomic E-state index is 11.9. The lowest BCUT2D eigenvalue weighted by molar-refractivity contribution is 0.581. The van der Waals surface area contributed by atoms with Crippen LogP contribution in [0.4, 0.5) is 0 Å². The molecular formula is C14H21Cl2NOS. The van der Waals surface area contributed by atoms with Crippen molar-refractivity contribution in [1.82, 2.24) is 4.72 Å². The summed E-state index contributed by atoms with van der Waals surface area (Å²) in [5.74, 6) is 0. The predicted molar refractivity (Wildman–Crippen MR) is 85.3 cm³/mol. The Morgan fingerprint density at radius 1 is 1.26 bits per heavy atom. The quantitative estimate of drug-likeness (QED) is 0.857. The molecule has 1 rings (SSSR count).